The van der Waals surface area contributed by atoms with E-state index in [9.17, 15) is 4.79 Å². The monoisotopic (exact) mass is 216 g/mol. The van der Waals surface area contributed by atoms with Crippen LogP contribution in [0.15, 0.2) is 24.3 Å². The Morgan fingerprint density at radius 2 is 1.69 bits per heavy atom. The van der Waals surface area contributed by atoms with Crippen LogP contribution in [0.2, 0.25) is 0 Å². The summed E-state index contributed by atoms with van der Waals surface area (Å²) >= 11 is 11.4. The van der Waals surface area contributed by atoms with E-state index in [1.54, 1.807) is 12.1 Å². The van der Waals surface area contributed by atoms with Crippen molar-refractivity contribution < 1.29 is 4.79 Å². The van der Waals surface area contributed by atoms with Crippen molar-refractivity contribution >= 4 is 28.4 Å². The van der Waals surface area contributed by atoms with Crippen molar-refractivity contribution in [1.82, 2.24) is 0 Å². The molecule has 0 aliphatic carbocycles. The van der Waals surface area contributed by atoms with Crippen molar-refractivity contribution in [1.29, 1.82) is 0 Å². The average Bonchev–Trinajstić information content (AvgIpc) is 2.03. The zero-order chi connectivity index (χ0) is 10.1. The van der Waals surface area contributed by atoms with Crippen molar-refractivity contribution in [2.75, 3.05) is 0 Å². The summed E-state index contributed by atoms with van der Waals surface area (Å²) in [5.74, 6) is 0. The van der Waals surface area contributed by atoms with Gasteiger partial charge >= 0.3 is 0 Å². The first kappa shape index (κ1) is 10.6. The van der Waals surface area contributed by atoms with Gasteiger partial charge in [-0.3, -0.25) is 4.79 Å². The van der Waals surface area contributed by atoms with Crippen molar-refractivity contribution in [3.05, 3.63) is 35.4 Å². The first-order chi connectivity index (χ1) is 5.91. The summed E-state index contributed by atoms with van der Waals surface area (Å²) in [4.78, 5) is 10.3. The standard InChI is InChI=1S/C10H10Cl2O/c1-10(2,12)8-5-3-7(4-6-8)9(11)13/h3-6H,1-2H3. The molecule has 0 saturated heterocycles. The molecule has 0 aliphatic heterocycles. The first-order valence-corrected chi connectivity index (χ1v) is 4.66. The van der Waals surface area contributed by atoms with Crippen molar-refractivity contribution in [3.8, 4) is 0 Å². The molecule has 0 heterocycles. The SMILES string of the molecule is CC(C)(Cl)c1ccc(C(=O)Cl)cc1. The molecule has 0 amide bonds. The smallest absolute Gasteiger partial charge is 0.252 e. The highest BCUT2D eigenvalue weighted by atomic mass is 35.5. The molecular weight excluding hydrogens is 207 g/mol. The fourth-order valence-electron chi connectivity index (χ4n) is 0.998. The van der Waals surface area contributed by atoms with Crippen LogP contribution >= 0.6 is 23.2 Å². The van der Waals surface area contributed by atoms with Gasteiger partial charge in [0.1, 0.15) is 0 Å². The van der Waals surface area contributed by atoms with Gasteiger partial charge in [-0.1, -0.05) is 12.1 Å². The maximum absolute atomic E-state index is 10.7. The van der Waals surface area contributed by atoms with Crippen molar-refractivity contribution in [2.24, 2.45) is 0 Å². The zero-order valence-corrected chi connectivity index (χ0v) is 8.99. The van der Waals surface area contributed by atoms with Crippen LogP contribution in [0.3, 0.4) is 0 Å². The maximum Gasteiger partial charge on any atom is 0.252 e. The quantitative estimate of drug-likeness (QED) is 0.547. The Labute approximate surface area is 87.7 Å². The lowest BCUT2D eigenvalue weighted by atomic mass is 10.0. The molecule has 0 atom stereocenters. The molecule has 0 aromatic heterocycles. The maximum atomic E-state index is 10.7. The Hall–Kier alpha value is -0.530. The fourth-order valence-corrected chi connectivity index (χ4v) is 1.25. The molecule has 0 aliphatic rings. The second-order valence-electron chi connectivity index (χ2n) is 3.32. The Bertz CT molecular complexity index is 309. The second kappa shape index (κ2) is 3.69. The van der Waals surface area contributed by atoms with Crippen LogP contribution in [0.25, 0.3) is 0 Å². The number of carbonyl (C=O) groups is 1. The minimum atomic E-state index is -0.445. The van der Waals surface area contributed by atoms with E-state index in [4.69, 9.17) is 23.2 Å². The summed E-state index contributed by atoms with van der Waals surface area (Å²) in [6, 6.07) is 6.97. The van der Waals surface area contributed by atoms with Crippen molar-refractivity contribution in [2.45, 2.75) is 18.7 Å². The molecule has 0 N–H and O–H groups in total. The molecule has 3 heteroatoms. The highest BCUT2D eigenvalue weighted by Crippen LogP contribution is 2.27. The van der Waals surface area contributed by atoms with E-state index in [0.717, 1.165) is 5.56 Å². The van der Waals surface area contributed by atoms with Gasteiger partial charge in [-0.05, 0) is 43.1 Å². The Kier molecular flexibility index (Phi) is 2.99. The van der Waals surface area contributed by atoms with Crippen LogP contribution in [0.5, 0.6) is 0 Å². The summed E-state index contributed by atoms with van der Waals surface area (Å²) in [5.41, 5.74) is 1.46. The molecule has 0 fully saturated rings. The molecule has 1 aromatic carbocycles. The molecule has 0 spiro atoms. The van der Waals surface area contributed by atoms with Crippen LogP contribution < -0.4 is 0 Å². The molecular formula is C10H10Cl2O. The molecule has 13 heavy (non-hydrogen) atoms. The fraction of sp³-hybridized carbons (Fsp3) is 0.300. The lowest BCUT2D eigenvalue weighted by molar-refractivity contribution is 0.108. The van der Waals surface area contributed by atoms with E-state index in [1.165, 1.54) is 0 Å². The summed E-state index contributed by atoms with van der Waals surface area (Å²) in [6.45, 7) is 3.79. The number of hydrogen-bond acceptors (Lipinski definition) is 1. The third kappa shape index (κ3) is 2.71. The first-order valence-electron chi connectivity index (χ1n) is 3.90. The molecule has 0 saturated carbocycles. The molecule has 0 unspecified atom stereocenters. The van der Waals surface area contributed by atoms with Gasteiger partial charge in [0.05, 0.1) is 4.87 Å². The van der Waals surface area contributed by atoms with Gasteiger partial charge in [0.25, 0.3) is 5.24 Å². The average molecular weight is 217 g/mol. The minimum absolute atomic E-state index is 0.409. The highest BCUT2D eigenvalue weighted by Gasteiger charge is 2.16. The summed E-state index contributed by atoms with van der Waals surface area (Å²) < 4.78 is 0. The number of alkyl halides is 1. The molecule has 1 aromatic rings. The Morgan fingerprint density at radius 1 is 1.23 bits per heavy atom. The lowest BCUT2D eigenvalue weighted by Gasteiger charge is -2.15. The van der Waals surface area contributed by atoms with E-state index in [0.29, 0.717) is 5.56 Å². The van der Waals surface area contributed by atoms with Gasteiger partial charge in [0, 0.05) is 5.56 Å². The van der Waals surface area contributed by atoms with Crippen LogP contribution in [-0.4, -0.2) is 5.24 Å². The van der Waals surface area contributed by atoms with Crippen molar-refractivity contribution in [3.63, 3.8) is 0 Å². The predicted molar refractivity (Wildman–Crippen MR) is 55.5 cm³/mol. The Morgan fingerprint density at radius 3 is 2.00 bits per heavy atom. The van der Waals surface area contributed by atoms with E-state index in [2.05, 4.69) is 0 Å². The highest BCUT2D eigenvalue weighted by molar-refractivity contribution is 6.67. The van der Waals surface area contributed by atoms with Crippen LogP contribution in [0, 0.1) is 0 Å². The van der Waals surface area contributed by atoms with E-state index in [-0.39, 0.29) is 0 Å². The zero-order valence-electron chi connectivity index (χ0n) is 7.47. The lowest BCUT2D eigenvalue weighted by Crippen LogP contribution is -2.07. The van der Waals surface area contributed by atoms with Crippen LogP contribution in [0.4, 0.5) is 0 Å². The molecule has 1 nitrogen and oxygen atoms in total. The molecule has 0 bridgehead atoms. The summed E-state index contributed by atoms with van der Waals surface area (Å²) in [7, 11) is 0. The van der Waals surface area contributed by atoms with E-state index >= 15 is 0 Å². The van der Waals surface area contributed by atoms with Gasteiger partial charge < -0.3 is 0 Å². The summed E-state index contributed by atoms with van der Waals surface area (Å²) in [6.07, 6.45) is 0. The van der Waals surface area contributed by atoms with Gasteiger partial charge in [0.15, 0.2) is 0 Å². The number of hydrogen-bond donors (Lipinski definition) is 0. The third-order valence-electron chi connectivity index (χ3n) is 1.80. The van der Waals surface area contributed by atoms with Crippen LogP contribution in [-0.2, 0) is 4.87 Å². The van der Waals surface area contributed by atoms with Gasteiger partial charge in [-0.15, -0.1) is 11.6 Å². The van der Waals surface area contributed by atoms with E-state index in [1.807, 2.05) is 26.0 Å². The number of carbonyl (C=O) groups excluding carboxylic acids is 1. The number of rotatable bonds is 2. The minimum Gasteiger partial charge on any atom is -0.276 e. The molecule has 0 radical (unpaired) electrons. The van der Waals surface area contributed by atoms with Gasteiger partial charge in [-0.2, -0.15) is 0 Å². The van der Waals surface area contributed by atoms with Gasteiger partial charge in [0.2, 0.25) is 0 Å². The topological polar surface area (TPSA) is 17.1 Å². The number of benzene rings is 1. The largest absolute Gasteiger partial charge is 0.276 e. The normalized spacial score (nSPS) is 11.4. The second-order valence-corrected chi connectivity index (χ2v) is 4.61. The third-order valence-corrected chi connectivity index (χ3v) is 2.23. The number of halogens is 2. The van der Waals surface area contributed by atoms with Gasteiger partial charge in [-0.25, -0.2) is 0 Å². The van der Waals surface area contributed by atoms with E-state index < -0.39 is 10.1 Å². The molecule has 70 valence electrons. The molecule has 1 rings (SSSR count). The summed E-state index contributed by atoms with van der Waals surface area (Å²) in [5, 5.41) is -0.445. The van der Waals surface area contributed by atoms with Crippen LogP contribution in [0.1, 0.15) is 29.8 Å². The Balaban J connectivity index is 3.01. The predicted octanol–water partition coefficient (Wildman–Crippen LogP) is 3.54.